The van der Waals surface area contributed by atoms with Crippen LogP contribution in [0, 0.1) is 17.8 Å². The summed E-state index contributed by atoms with van der Waals surface area (Å²) in [7, 11) is 2.95. The molecule has 2 fully saturated rings. The molecule has 1 aromatic carbocycles. The number of carbonyl (C=O) groups is 2. The lowest BCUT2D eigenvalue weighted by Gasteiger charge is -2.21. The molecular weight excluding hydrogens is 462 g/mol. The first-order valence-corrected chi connectivity index (χ1v) is 12.2. The molecule has 1 amide bonds. The van der Waals surface area contributed by atoms with E-state index in [9.17, 15) is 14.4 Å². The minimum absolute atomic E-state index is 0.131. The molecule has 2 aromatic heterocycles. The topological polar surface area (TPSA) is 108 Å². The van der Waals surface area contributed by atoms with Gasteiger partial charge in [-0.1, -0.05) is 12.5 Å². The van der Waals surface area contributed by atoms with E-state index in [1.807, 2.05) is 0 Å². The van der Waals surface area contributed by atoms with Crippen molar-refractivity contribution in [1.82, 2.24) is 9.38 Å². The lowest BCUT2D eigenvalue weighted by Crippen LogP contribution is -2.22. The van der Waals surface area contributed by atoms with Crippen molar-refractivity contribution in [2.75, 3.05) is 19.5 Å². The van der Waals surface area contributed by atoms with E-state index in [1.165, 1.54) is 50.0 Å². The highest BCUT2D eigenvalue weighted by atomic mass is 16.5. The number of aromatic nitrogens is 2. The summed E-state index contributed by atoms with van der Waals surface area (Å²) in [5.41, 5.74) is 0.924. The van der Waals surface area contributed by atoms with Gasteiger partial charge in [-0.15, -0.1) is 0 Å². The highest BCUT2D eigenvalue weighted by Crippen LogP contribution is 2.49. The summed E-state index contributed by atoms with van der Waals surface area (Å²) >= 11 is 0. The van der Waals surface area contributed by atoms with Gasteiger partial charge in [0, 0.05) is 30.8 Å². The Morgan fingerprint density at radius 3 is 2.61 bits per heavy atom. The fraction of sp³-hybridized carbons (Fsp3) is 0.407. The van der Waals surface area contributed by atoms with Gasteiger partial charge >= 0.3 is 5.97 Å². The van der Waals surface area contributed by atoms with Crippen molar-refractivity contribution in [3.05, 3.63) is 64.2 Å². The number of hydrogen-bond donors (Lipinski definition) is 1. The predicted octanol–water partition coefficient (Wildman–Crippen LogP) is 3.83. The molecule has 2 aliphatic carbocycles. The van der Waals surface area contributed by atoms with Crippen molar-refractivity contribution >= 4 is 23.2 Å². The van der Waals surface area contributed by atoms with Gasteiger partial charge in [-0.05, 0) is 49.1 Å². The van der Waals surface area contributed by atoms with Crippen molar-refractivity contribution in [2.45, 2.75) is 38.7 Å². The molecular formula is C27H29N3O6. The minimum atomic E-state index is -0.679. The number of nitrogens with zero attached hydrogens (tertiary/aromatic N) is 2. The molecule has 1 N–H and O–H groups in total. The first-order valence-electron chi connectivity index (χ1n) is 12.2. The summed E-state index contributed by atoms with van der Waals surface area (Å²) in [5.74, 6) is 1.65. The van der Waals surface area contributed by atoms with Crippen molar-refractivity contribution in [1.29, 1.82) is 0 Å². The number of rotatable bonds is 8. The number of carbonyl (C=O) groups excluding carboxylic acids is 2. The van der Waals surface area contributed by atoms with Crippen LogP contribution in [0.15, 0.2) is 47.4 Å². The Morgan fingerprint density at radius 1 is 1.08 bits per heavy atom. The number of esters is 1. The van der Waals surface area contributed by atoms with Gasteiger partial charge in [0.2, 0.25) is 5.91 Å². The van der Waals surface area contributed by atoms with Crippen molar-refractivity contribution < 1.29 is 23.8 Å². The molecule has 188 valence electrons. The molecule has 3 atom stereocenters. The normalized spacial score (nSPS) is 20.3. The van der Waals surface area contributed by atoms with Crippen LogP contribution in [0.4, 0.5) is 5.69 Å². The smallest absolute Gasteiger partial charge is 0.340 e. The Labute approximate surface area is 208 Å². The molecule has 0 saturated heterocycles. The molecule has 3 aromatic rings. The Hall–Kier alpha value is -3.88. The monoisotopic (exact) mass is 491 g/mol. The van der Waals surface area contributed by atoms with Crippen LogP contribution in [0.1, 0.15) is 48.2 Å². The van der Waals surface area contributed by atoms with Gasteiger partial charge < -0.3 is 19.5 Å². The number of pyridine rings is 1. The zero-order valence-electron chi connectivity index (χ0n) is 20.4. The van der Waals surface area contributed by atoms with Gasteiger partial charge in [0.25, 0.3) is 5.56 Å². The Morgan fingerprint density at radius 2 is 1.89 bits per heavy atom. The van der Waals surface area contributed by atoms with Crippen LogP contribution in [0.3, 0.4) is 0 Å². The summed E-state index contributed by atoms with van der Waals surface area (Å²) in [4.78, 5) is 42.8. The maximum Gasteiger partial charge on any atom is 0.340 e. The van der Waals surface area contributed by atoms with Gasteiger partial charge in [-0.25, -0.2) is 9.78 Å². The molecule has 2 saturated carbocycles. The lowest BCUT2D eigenvalue weighted by molar-refractivity contribution is -0.117. The predicted molar refractivity (Wildman–Crippen MR) is 132 cm³/mol. The average Bonchev–Trinajstić information content (AvgIpc) is 3.50. The van der Waals surface area contributed by atoms with E-state index in [0.717, 1.165) is 12.3 Å². The molecule has 0 radical (unpaired) electrons. The van der Waals surface area contributed by atoms with Crippen LogP contribution >= 0.6 is 0 Å². The fourth-order valence-corrected chi connectivity index (χ4v) is 5.61. The Kier molecular flexibility index (Phi) is 6.63. The molecule has 9 nitrogen and oxygen atoms in total. The van der Waals surface area contributed by atoms with Gasteiger partial charge in [0.05, 0.1) is 31.2 Å². The average molecular weight is 492 g/mol. The van der Waals surface area contributed by atoms with Crippen molar-refractivity contribution in [3.8, 4) is 11.5 Å². The first kappa shape index (κ1) is 23.8. The number of fused-ring (bicyclic) bond motifs is 3. The Balaban J connectivity index is 1.34. The molecule has 2 heterocycles. The zero-order valence-corrected chi connectivity index (χ0v) is 20.4. The van der Waals surface area contributed by atoms with Crippen LogP contribution in [0.2, 0.25) is 0 Å². The largest absolute Gasteiger partial charge is 0.493 e. The second kappa shape index (κ2) is 10.0. The van der Waals surface area contributed by atoms with Gasteiger partial charge in [0.15, 0.2) is 11.5 Å². The highest BCUT2D eigenvalue weighted by molar-refractivity contribution is 6.02. The molecule has 3 unspecified atom stereocenters. The van der Waals surface area contributed by atoms with E-state index < -0.39 is 5.97 Å². The summed E-state index contributed by atoms with van der Waals surface area (Å²) < 4.78 is 17.6. The summed E-state index contributed by atoms with van der Waals surface area (Å²) in [6.07, 6.45) is 6.83. The molecule has 2 aliphatic rings. The molecule has 0 spiro atoms. The lowest BCUT2D eigenvalue weighted by atomic mass is 9.86. The van der Waals surface area contributed by atoms with E-state index in [0.29, 0.717) is 41.1 Å². The summed E-state index contributed by atoms with van der Waals surface area (Å²) in [6, 6.07) is 9.58. The van der Waals surface area contributed by atoms with Crippen LogP contribution in [-0.2, 0) is 16.1 Å². The fourth-order valence-electron chi connectivity index (χ4n) is 5.61. The number of methoxy groups -OCH3 is 2. The van der Waals surface area contributed by atoms with E-state index in [-0.39, 0.29) is 29.3 Å². The highest BCUT2D eigenvalue weighted by Gasteiger charge is 2.40. The number of hydrogen-bond acceptors (Lipinski definition) is 7. The van der Waals surface area contributed by atoms with Crippen molar-refractivity contribution in [2.24, 2.45) is 17.8 Å². The second-order valence-corrected chi connectivity index (χ2v) is 9.53. The van der Waals surface area contributed by atoms with Crippen molar-refractivity contribution in [3.63, 3.8) is 0 Å². The SMILES string of the molecule is COc1cc(NC(=O)CC2CC3CCC2C3)c(C(=O)OCc2cc(=O)n3ccccc3n2)cc1OC. The summed E-state index contributed by atoms with van der Waals surface area (Å²) in [5, 5.41) is 2.89. The number of nitrogens with one attached hydrogen (secondary N) is 1. The number of ether oxygens (including phenoxy) is 3. The third-order valence-corrected chi connectivity index (χ3v) is 7.33. The molecule has 9 heteroatoms. The van der Waals surface area contributed by atoms with Crippen LogP contribution in [0.5, 0.6) is 11.5 Å². The van der Waals surface area contributed by atoms with E-state index in [4.69, 9.17) is 14.2 Å². The maximum atomic E-state index is 13.1. The van der Waals surface area contributed by atoms with Crippen LogP contribution in [0.25, 0.3) is 5.65 Å². The standard InChI is InChI=1S/C27H29N3O6/c1-34-22-13-20(27(33)36-15-19-12-26(32)30-8-4-3-5-24(30)28-19)21(14-23(22)35-2)29-25(31)11-18-10-16-6-7-17(18)9-16/h3-5,8,12-14,16-18H,6-7,9-11,15H2,1-2H3,(H,29,31). The third kappa shape index (κ3) is 4.78. The molecule has 36 heavy (non-hydrogen) atoms. The zero-order chi connectivity index (χ0) is 25.2. The number of benzene rings is 1. The molecule has 5 rings (SSSR count). The Bertz CT molecular complexity index is 1370. The first-order chi connectivity index (χ1) is 17.4. The van der Waals surface area contributed by atoms with Gasteiger partial charge in [0.1, 0.15) is 12.3 Å². The van der Waals surface area contributed by atoms with E-state index >= 15 is 0 Å². The second-order valence-electron chi connectivity index (χ2n) is 9.53. The van der Waals surface area contributed by atoms with Gasteiger partial charge in [-0.3, -0.25) is 14.0 Å². The molecule has 2 bridgehead atoms. The third-order valence-electron chi connectivity index (χ3n) is 7.33. The van der Waals surface area contributed by atoms with Gasteiger partial charge in [-0.2, -0.15) is 0 Å². The van der Waals surface area contributed by atoms with Crippen LogP contribution in [-0.4, -0.2) is 35.5 Å². The number of anilines is 1. The van der Waals surface area contributed by atoms with E-state index in [1.54, 1.807) is 30.5 Å². The van der Waals surface area contributed by atoms with Crippen LogP contribution < -0.4 is 20.3 Å². The number of amides is 1. The summed E-state index contributed by atoms with van der Waals surface area (Å²) in [6.45, 7) is -0.202. The maximum absolute atomic E-state index is 13.1. The van der Waals surface area contributed by atoms with E-state index in [2.05, 4.69) is 10.3 Å². The minimum Gasteiger partial charge on any atom is -0.493 e. The quantitative estimate of drug-likeness (QED) is 0.477. The molecule has 0 aliphatic heterocycles.